The van der Waals surface area contributed by atoms with Crippen LogP contribution in [0, 0.1) is 5.92 Å². The highest BCUT2D eigenvalue weighted by atomic mass is 32.2. The third-order valence-electron chi connectivity index (χ3n) is 5.20. The summed E-state index contributed by atoms with van der Waals surface area (Å²) in [7, 11) is 0. The van der Waals surface area contributed by atoms with Crippen LogP contribution in [0.15, 0.2) is 29.2 Å². The van der Waals surface area contributed by atoms with Gasteiger partial charge in [0, 0.05) is 22.7 Å². The van der Waals surface area contributed by atoms with E-state index >= 15 is 0 Å². The zero-order valence-corrected chi connectivity index (χ0v) is 13.9. The molecule has 1 saturated carbocycles. The van der Waals surface area contributed by atoms with Gasteiger partial charge in [0.1, 0.15) is 0 Å². The van der Waals surface area contributed by atoms with E-state index in [1.165, 1.54) is 43.5 Å². The van der Waals surface area contributed by atoms with Gasteiger partial charge in [0.2, 0.25) is 0 Å². The predicted octanol–water partition coefficient (Wildman–Crippen LogP) is 3.54. The van der Waals surface area contributed by atoms with E-state index in [1.54, 1.807) is 5.56 Å². The van der Waals surface area contributed by atoms with E-state index in [2.05, 4.69) is 47.9 Å². The number of nitrogens with two attached hydrogens (primary N) is 1. The van der Waals surface area contributed by atoms with Crippen molar-refractivity contribution in [2.75, 3.05) is 19.6 Å². The Kier molecular flexibility index (Phi) is 5.25. The monoisotopic (exact) mass is 304 g/mol. The second kappa shape index (κ2) is 7.17. The van der Waals surface area contributed by atoms with Crippen LogP contribution in [0.3, 0.4) is 0 Å². The molecule has 0 bridgehead atoms. The summed E-state index contributed by atoms with van der Waals surface area (Å²) in [6, 6.07) is 9.63. The van der Waals surface area contributed by atoms with Gasteiger partial charge in [0.25, 0.3) is 0 Å². The number of fused-ring (bicyclic) bond motifs is 1. The molecular formula is C18H28N2S. The third-order valence-corrected chi connectivity index (χ3v) is 6.50. The number of nitrogens with zero attached hydrogens (tertiary/aromatic N) is 1. The summed E-state index contributed by atoms with van der Waals surface area (Å²) in [4.78, 5) is 4.22. The summed E-state index contributed by atoms with van der Waals surface area (Å²) in [6.07, 6.45) is 6.67. The Bertz CT molecular complexity index is 437. The van der Waals surface area contributed by atoms with Crippen molar-refractivity contribution in [3.8, 4) is 0 Å². The van der Waals surface area contributed by atoms with Gasteiger partial charge in [-0.2, -0.15) is 0 Å². The lowest BCUT2D eigenvalue weighted by atomic mass is 9.83. The second-order valence-corrected chi connectivity index (χ2v) is 7.83. The maximum atomic E-state index is 6.03. The lowest BCUT2D eigenvalue weighted by molar-refractivity contribution is 0.113. The van der Waals surface area contributed by atoms with E-state index in [-0.39, 0.29) is 0 Å². The minimum atomic E-state index is 0.715. The van der Waals surface area contributed by atoms with Crippen LogP contribution in [0.5, 0.6) is 0 Å². The van der Waals surface area contributed by atoms with E-state index in [9.17, 15) is 0 Å². The molecule has 3 heteroatoms. The molecule has 1 aromatic rings. The van der Waals surface area contributed by atoms with Gasteiger partial charge in [-0.05, 0) is 49.9 Å². The molecule has 3 unspecified atom stereocenters. The molecule has 0 aromatic heterocycles. The molecule has 0 radical (unpaired) electrons. The van der Waals surface area contributed by atoms with Crippen LogP contribution in [0.25, 0.3) is 0 Å². The number of rotatable bonds is 5. The van der Waals surface area contributed by atoms with Crippen LogP contribution < -0.4 is 5.73 Å². The lowest BCUT2D eigenvalue weighted by Gasteiger charge is -2.40. The van der Waals surface area contributed by atoms with E-state index in [0.29, 0.717) is 5.92 Å². The van der Waals surface area contributed by atoms with E-state index in [1.807, 2.05) is 0 Å². The van der Waals surface area contributed by atoms with Crippen molar-refractivity contribution in [3.63, 3.8) is 0 Å². The summed E-state index contributed by atoms with van der Waals surface area (Å²) in [5.41, 5.74) is 7.58. The van der Waals surface area contributed by atoms with Crippen molar-refractivity contribution >= 4 is 11.8 Å². The van der Waals surface area contributed by atoms with Gasteiger partial charge in [0.05, 0.1) is 0 Å². The Morgan fingerprint density at radius 1 is 1.24 bits per heavy atom. The highest BCUT2D eigenvalue weighted by molar-refractivity contribution is 8.00. The van der Waals surface area contributed by atoms with Crippen LogP contribution in [-0.4, -0.2) is 35.8 Å². The highest BCUT2D eigenvalue weighted by Gasteiger charge is 2.31. The van der Waals surface area contributed by atoms with Crippen LogP contribution in [0.4, 0.5) is 0 Å². The largest absolute Gasteiger partial charge is 0.330 e. The molecule has 2 nitrogen and oxygen atoms in total. The Labute approximate surface area is 133 Å². The fraction of sp³-hybridized carbons (Fsp3) is 0.667. The summed E-state index contributed by atoms with van der Waals surface area (Å²) in [5.74, 6) is 0.715. The first kappa shape index (κ1) is 15.4. The fourth-order valence-electron chi connectivity index (χ4n) is 4.06. The van der Waals surface area contributed by atoms with Crippen molar-refractivity contribution in [2.45, 2.75) is 55.2 Å². The molecule has 116 valence electrons. The van der Waals surface area contributed by atoms with Crippen molar-refractivity contribution < 1.29 is 0 Å². The maximum Gasteiger partial charge on any atom is 0.0263 e. The summed E-state index contributed by atoms with van der Waals surface area (Å²) in [5, 5.41) is 0.725. The smallest absolute Gasteiger partial charge is 0.0263 e. The first-order valence-corrected chi connectivity index (χ1v) is 9.38. The Morgan fingerprint density at radius 2 is 2.05 bits per heavy atom. The molecule has 1 fully saturated rings. The van der Waals surface area contributed by atoms with Crippen LogP contribution >= 0.6 is 11.8 Å². The Balaban J connectivity index is 1.63. The number of benzene rings is 1. The first-order valence-electron chi connectivity index (χ1n) is 8.50. The average Bonchev–Trinajstić information content (AvgIpc) is 2.95. The fourth-order valence-corrected chi connectivity index (χ4v) is 5.41. The average molecular weight is 305 g/mol. The third kappa shape index (κ3) is 3.46. The molecule has 2 aliphatic rings. The molecule has 1 aromatic carbocycles. The van der Waals surface area contributed by atoms with E-state index in [4.69, 9.17) is 5.73 Å². The molecule has 0 saturated heterocycles. The highest BCUT2D eigenvalue weighted by Crippen LogP contribution is 2.38. The van der Waals surface area contributed by atoms with Crippen LogP contribution in [0.2, 0.25) is 0 Å². The summed E-state index contributed by atoms with van der Waals surface area (Å²) >= 11 is 2.08. The predicted molar refractivity (Wildman–Crippen MR) is 91.8 cm³/mol. The molecule has 1 heterocycles. The molecule has 0 spiro atoms. The van der Waals surface area contributed by atoms with Crippen molar-refractivity contribution in [1.29, 1.82) is 0 Å². The molecule has 21 heavy (non-hydrogen) atoms. The molecule has 1 aliphatic carbocycles. The standard InChI is InChI=1S/C18H28N2S/c1-2-20(17-9-5-3-8-15(17)12-19)13-16-11-14-7-4-6-10-18(14)21-16/h4,6-7,10,15-17H,2-3,5,8-9,11-13,19H2,1H3. The molecule has 3 rings (SSSR count). The molecule has 0 amide bonds. The van der Waals surface area contributed by atoms with Crippen LogP contribution in [-0.2, 0) is 6.42 Å². The van der Waals surface area contributed by atoms with Gasteiger partial charge < -0.3 is 5.73 Å². The van der Waals surface area contributed by atoms with Gasteiger partial charge in [-0.1, -0.05) is 38.0 Å². The summed E-state index contributed by atoms with van der Waals surface area (Å²) < 4.78 is 0. The molecule has 3 atom stereocenters. The zero-order valence-electron chi connectivity index (χ0n) is 13.1. The normalized spacial score (nSPS) is 28.8. The lowest BCUT2D eigenvalue weighted by Crippen LogP contribution is -2.47. The first-order chi connectivity index (χ1) is 10.3. The molecule has 2 N–H and O–H groups in total. The van der Waals surface area contributed by atoms with E-state index in [0.717, 1.165) is 24.4 Å². The maximum absolute atomic E-state index is 6.03. The SMILES string of the molecule is CCN(CC1Cc2ccccc2S1)C1CCCCC1CN. The van der Waals surface area contributed by atoms with Crippen molar-refractivity contribution in [2.24, 2.45) is 11.7 Å². The molecular weight excluding hydrogens is 276 g/mol. The number of hydrogen-bond acceptors (Lipinski definition) is 3. The minimum absolute atomic E-state index is 0.715. The van der Waals surface area contributed by atoms with Gasteiger partial charge in [0.15, 0.2) is 0 Å². The van der Waals surface area contributed by atoms with Crippen molar-refractivity contribution in [3.05, 3.63) is 29.8 Å². The van der Waals surface area contributed by atoms with Crippen molar-refractivity contribution in [1.82, 2.24) is 4.90 Å². The number of hydrogen-bond donors (Lipinski definition) is 1. The van der Waals surface area contributed by atoms with Gasteiger partial charge >= 0.3 is 0 Å². The summed E-state index contributed by atoms with van der Waals surface area (Å²) in [6.45, 7) is 5.56. The molecule has 1 aliphatic heterocycles. The van der Waals surface area contributed by atoms with E-state index < -0.39 is 0 Å². The number of thioether (sulfide) groups is 1. The topological polar surface area (TPSA) is 29.3 Å². The van der Waals surface area contributed by atoms with Crippen LogP contribution in [0.1, 0.15) is 38.2 Å². The zero-order chi connectivity index (χ0) is 14.7. The van der Waals surface area contributed by atoms with Gasteiger partial charge in [-0.3, -0.25) is 4.90 Å². The Morgan fingerprint density at radius 3 is 2.81 bits per heavy atom. The van der Waals surface area contributed by atoms with Gasteiger partial charge in [-0.15, -0.1) is 11.8 Å². The Hall–Kier alpha value is -0.510. The quantitative estimate of drug-likeness (QED) is 0.902. The second-order valence-electron chi connectivity index (χ2n) is 6.49. The van der Waals surface area contributed by atoms with Gasteiger partial charge in [-0.25, -0.2) is 0 Å². The minimum Gasteiger partial charge on any atom is -0.330 e.